The van der Waals surface area contributed by atoms with Gasteiger partial charge >= 0.3 is 6.01 Å². The Morgan fingerprint density at radius 1 is 1.23 bits per heavy atom. The van der Waals surface area contributed by atoms with E-state index in [1.807, 2.05) is 38.1 Å². The number of hydrogen-bond donors (Lipinski definition) is 1. The topological polar surface area (TPSA) is 114 Å². The minimum absolute atomic E-state index is 0.121. The van der Waals surface area contributed by atoms with Crippen LogP contribution in [-0.2, 0) is 15.4 Å². The zero-order valence-electron chi connectivity index (χ0n) is 19.6. The molecule has 11 heteroatoms. The van der Waals surface area contributed by atoms with Gasteiger partial charge in [-0.1, -0.05) is 37.6 Å². The van der Waals surface area contributed by atoms with Gasteiger partial charge in [-0.2, -0.15) is 5.26 Å². The molecule has 0 aliphatic heterocycles. The van der Waals surface area contributed by atoms with Gasteiger partial charge in [0, 0.05) is 5.41 Å². The third-order valence-corrected chi connectivity index (χ3v) is 6.28. The molecule has 0 bridgehead atoms. The Hall–Kier alpha value is -2.93. The SMILES string of the molecule is CC(Oc1ccc(C(C)(C)c2cc(Cl)c(OCCCl)c(C#N)c2)cc1)c1cnc(NS(C)(=O)=O)o1. The summed E-state index contributed by atoms with van der Waals surface area (Å²) in [5.74, 6) is 1.58. The van der Waals surface area contributed by atoms with Gasteiger partial charge in [-0.05, 0) is 42.3 Å². The van der Waals surface area contributed by atoms with Crippen molar-refractivity contribution >= 4 is 39.2 Å². The van der Waals surface area contributed by atoms with E-state index in [1.165, 1.54) is 6.20 Å². The molecule has 1 heterocycles. The highest BCUT2D eigenvalue weighted by Gasteiger charge is 2.26. The molecule has 0 aliphatic rings. The molecule has 1 aromatic heterocycles. The second-order valence-corrected chi connectivity index (χ2v) is 10.9. The summed E-state index contributed by atoms with van der Waals surface area (Å²) in [5, 5.41) is 9.94. The fourth-order valence-electron chi connectivity index (χ4n) is 3.38. The second-order valence-electron chi connectivity index (χ2n) is 8.34. The van der Waals surface area contributed by atoms with Crippen molar-refractivity contribution in [1.29, 1.82) is 5.26 Å². The fourth-order valence-corrected chi connectivity index (χ4v) is 4.15. The summed E-state index contributed by atoms with van der Waals surface area (Å²) in [4.78, 5) is 3.90. The normalized spacial score (nSPS) is 12.6. The molecule has 3 aromatic rings. The Labute approximate surface area is 214 Å². The lowest BCUT2D eigenvalue weighted by Crippen LogP contribution is -2.19. The molecule has 3 rings (SSSR count). The minimum Gasteiger partial charge on any atom is -0.489 e. The molecule has 2 aromatic carbocycles. The van der Waals surface area contributed by atoms with Crippen LogP contribution < -0.4 is 14.2 Å². The van der Waals surface area contributed by atoms with E-state index in [2.05, 4.69) is 15.8 Å². The third kappa shape index (κ3) is 6.60. The maximum absolute atomic E-state index is 11.3. The largest absolute Gasteiger partial charge is 0.489 e. The van der Waals surface area contributed by atoms with Crippen LogP contribution in [0.25, 0.3) is 0 Å². The van der Waals surface area contributed by atoms with E-state index in [-0.39, 0.29) is 18.5 Å². The first-order chi connectivity index (χ1) is 16.4. The smallest absolute Gasteiger partial charge is 0.308 e. The van der Waals surface area contributed by atoms with E-state index >= 15 is 0 Å². The van der Waals surface area contributed by atoms with Crippen LogP contribution in [0.1, 0.15) is 49.3 Å². The molecule has 1 unspecified atom stereocenters. The summed E-state index contributed by atoms with van der Waals surface area (Å²) in [6.45, 7) is 6.08. The van der Waals surface area contributed by atoms with E-state index in [1.54, 1.807) is 19.1 Å². The number of hydrogen-bond acceptors (Lipinski definition) is 7. The van der Waals surface area contributed by atoms with Crippen molar-refractivity contribution in [2.75, 3.05) is 23.5 Å². The molecule has 0 aliphatic carbocycles. The lowest BCUT2D eigenvalue weighted by molar-refractivity contribution is 0.197. The van der Waals surface area contributed by atoms with Crippen LogP contribution in [0.4, 0.5) is 6.01 Å². The summed E-state index contributed by atoms with van der Waals surface area (Å²) in [5.41, 5.74) is 1.70. The van der Waals surface area contributed by atoms with Crippen molar-refractivity contribution in [3.63, 3.8) is 0 Å². The maximum Gasteiger partial charge on any atom is 0.308 e. The molecule has 35 heavy (non-hydrogen) atoms. The van der Waals surface area contributed by atoms with Crippen molar-refractivity contribution in [1.82, 2.24) is 4.98 Å². The average molecular weight is 538 g/mol. The van der Waals surface area contributed by atoms with Crippen LogP contribution >= 0.6 is 23.2 Å². The minimum atomic E-state index is -3.49. The van der Waals surface area contributed by atoms with Crippen molar-refractivity contribution in [2.45, 2.75) is 32.3 Å². The predicted octanol–water partition coefficient (Wildman–Crippen LogP) is 5.65. The molecule has 0 spiro atoms. The van der Waals surface area contributed by atoms with Crippen LogP contribution in [0, 0.1) is 11.3 Å². The van der Waals surface area contributed by atoms with E-state index in [9.17, 15) is 13.7 Å². The van der Waals surface area contributed by atoms with Crippen LogP contribution in [0.3, 0.4) is 0 Å². The number of halogens is 2. The summed E-state index contributed by atoms with van der Waals surface area (Å²) in [6, 6.07) is 13.1. The van der Waals surface area contributed by atoms with Gasteiger partial charge in [-0.25, -0.2) is 18.1 Å². The maximum atomic E-state index is 11.3. The van der Waals surface area contributed by atoms with Gasteiger partial charge in [0.25, 0.3) is 0 Å². The van der Waals surface area contributed by atoms with E-state index in [0.29, 0.717) is 27.8 Å². The van der Waals surface area contributed by atoms with Crippen LogP contribution in [0.15, 0.2) is 47.0 Å². The van der Waals surface area contributed by atoms with E-state index in [4.69, 9.17) is 37.1 Å². The first kappa shape index (κ1) is 26.7. The molecule has 0 saturated carbocycles. The van der Waals surface area contributed by atoms with Crippen LogP contribution in [0.2, 0.25) is 5.02 Å². The van der Waals surface area contributed by atoms with Gasteiger partial charge in [0.1, 0.15) is 18.4 Å². The first-order valence-corrected chi connectivity index (χ1v) is 13.4. The zero-order chi connectivity index (χ0) is 25.8. The fraction of sp³-hybridized carbons (Fsp3) is 0.333. The van der Waals surface area contributed by atoms with Crippen molar-refractivity contribution < 1.29 is 22.3 Å². The number of rotatable bonds is 10. The molecule has 1 N–H and O–H groups in total. The molecule has 0 fully saturated rings. The Balaban J connectivity index is 1.78. The predicted molar refractivity (Wildman–Crippen MR) is 135 cm³/mol. The molecule has 0 amide bonds. The lowest BCUT2D eigenvalue weighted by Gasteiger charge is -2.27. The molecule has 1 atom stereocenters. The Kier molecular flexibility index (Phi) is 8.21. The van der Waals surface area contributed by atoms with Crippen molar-refractivity contribution in [3.05, 3.63) is 70.1 Å². The van der Waals surface area contributed by atoms with Gasteiger partial charge in [-0.15, -0.1) is 11.6 Å². The second kappa shape index (κ2) is 10.8. The summed E-state index contributed by atoms with van der Waals surface area (Å²) < 4.78 is 41.7. The van der Waals surface area contributed by atoms with E-state index in [0.717, 1.165) is 17.4 Å². The molecule has 0 radical (unpaired) electrons. The average Bonchev–Trinajstić information content (AvgIpc) is 3.25. The molecule has 0 saturated heterocycles. The number of sulfonamides is 1. The van der Waals surface area contributed by atoms with Gasteiger partial charge in [-0.3, -0.25) is 0 Å². The molecular weight excluding hydrogens is 513 g/mol. The first-order valence-electron chi connectivity index (χ1n) is 10.6. The quantitative estimate of drug-likeness (QED) is 0.332. The summed E-state index contributed by atoms with van der Waals surface area (Å²) >= 11 is 12.1. The molecular formula is C24H25Cl2N3O5S. The van der Waals surface area contributed by atoms with Crippen molar-refractivity contribution in [2.24, 2.45) is 0 Å². The standard InChI is InChI=1S/C24H25Cl2N3O5S/c1-15(21-14-28-23(34-21)29-35(4,30)31)33-19-7-5-17(6-8-19)24(2,3)18-11-16(13-27)22(20(26)12-18)32-10-9-25/h5-8,11-12,14-15H,9-10H2,1-4H3,(H,28,29). The van der Waals surface area contributed by atoms with Crippen LogP contribution in [-0.4, -0.2) is 32.1 Å². The highest BCUT2D eigenvalue weighted by Crippen LogP contribution is 2.39. The number of ether oxygens (including phenoxy) is 2. The molecule has 8 nitrogen and oxygen atoms in total. The zero-order valence-corrected chi connectivity index (χ0v) is 22.0. The highest BCUT2D eigenvalue weighted by atomic mass is 35.5. The third-order valence-electron chi connectivity index (χ3n) is 5.30. The number of nitrogens with one attached hydrogen (secondary N) is 1. The number of anilines is 1. The van der Waals surface area contributed by atoms with Gasteiger partial charge in [0.05, 0.1) is 28.9 Å². The molecule has 186 valence electrons. The van der Waals surface area contributed by atoms with Gasteiger partial charge < -0.3 is 13.9 Å². The Bertz CT molecular complexity index is 1330. The number of benzene rings is 2. The number of aromatic nitrogens is 1. The van der Waals surface area contributed by atoms with Gasteiger partial charge in [0.2, 0.25) is 10.0 Å². The number of nitrogens with zero attached hydrogens (tertiary/aromatic N) is 2. The monoisotopic (exact) mass is 537 g/mol. The number of alkyl halides is 1. The number of oxazole rings is 1. The highest BCUT2D eigenvalue weighted by molar-refractivity contribution is 7.91. The van der Waals surface area contributed by atoms with Gasteiger partial charge in [0.15, 0.2) is 17.6 Å². The Morgan fingerprint density at radius 3 is 2.51 bits per heavy atom. The van der Waals surface area contributed by atoms with E-state index < -0.39 is 21.5 Å². The summed E-state index contributed by atoms with van der Waals surface area (Å²) in [6.07, 6.45) is 1.92. The van der Waals surface area contributed by atoms with Crippen molar-refractivity contribution in [3.8, 4) is 17.6 Å². The summed E-state index contributed by atoms with van der Waals surface area (Å²) in [7, 11) is -3.49. The van der Waals surface area contributed by atoms with Crippen LogP contribution in [0.5, 0.6) is 11.5 Å². The lowest BCUT2D eigenvalue weighted by atomic mass is 9.77. The number of nitriles is 1. The Morgan fingerprint density at radius 2 is 1.91 bits per heavy atom.